The molecule has 0 aliphatic carbocycles. The molecule has 0 aromatic rings. The lowest BCUT2D eigenvalue weighted by molar-refractivity contribution is -0.161. The van der Waals surface area contributed by atoms with Crippen molar-refractivity contribution in [3.63, 3.8) is 0 Å². The number of unbranched alkanes of at least 4 members (excludes halogenated alkanes) is 29. The molecule has 1 unspecified atom stereocenters. The number of phosphoric acid groups is 1. The second-order valence-corrected chi connectivity index (χ2v) is 17.1. The van der Waals surface area contributed by atoms with Gasteiger partial charge < -0.3 is 20.1 Å². The molecule has 0 aromatic heterocycles. The quantitative estimate of drug-likeness (QED) is 0.0267. The van der Waals surface area contributed by atoms with Gasteiger partial charge in [-0.1, -0.05) is 193 Å². The van der Waals surface area contributed by atoms with Crippen molar-refractivity contribution in [1.82, 2.24) is 0 Å². The van der Waals surface area contributed by atoms with Crippen molar-refractivity contribution in [2.75, 3.05) is 26.4 Å². The fourth-order valence-corrected chi connectivity index (χ4v) is 7.45. The van der Waals surface area contributed by atoms with Crippen LogP contribution in [-0.2, 0) is 32.7 Å². The van der Waals surface area contributed by atoms with Crippen molar-refractivity contribution in [2.24, 2.45) is 5.73 Å². The topological polar surface area (TPSA) is 134 Å². The van der Waals surface area contributed by atoms with Gasteiger partial charge in [0.2, 0.25) is 0 Å². The fourth-order valence-electron chi connectivity index (χ4n) is 6.69. The smallest absolute Gasteiger partial charge is 0.462 e. The Morgan fingerprint density at radius 2 is 0.891 bits per heavy atom. The van der Waals surface area contributed by atoms with E-state index in [1.807, 2.05) is 0 Å². The molecule has 2 atom stereocenters. The van der Waals surface area contributed by atoms with E-state index in [-0.39, 0.29) is 38.6 Å². The molecular weight excluding hydrogens is 713 g/mol. The Morgan fingerprint density at radius 1 is 0.527 bits per heavy atom. The van der Waals surface area contributed by atoms with Gasteiger partial charge in [-0.3, -0.25) is 18.6 Å². The van der Waals surface area contributed by atoms with E-state index >= 15 is 0 Å². The van der Waals surface area contributed by atoms with E-state index in [2.05, 4.69) is 26.0 Å². The van der Waals surface area contributed by atoms with Gasteiger partial charge >= 0.3 is 19.8 Å². The molecule has 55 heavy (non-hydrogen) atoms. The maximum absolute atomic E-state index is 12.6. The fraction of sp³-hybridized carbons (Fsp3) is 0.911. The van der Waals surface area contributed by atoms with Gasteiger partial charge in [0.1, 0.15) is 6.61 Å². The van der Waals surface area contributed by atoms with Crippen molar-refractivity contribution in [3.05, 3.63) is 12.2 Å². The van der Waals surface area contributed by atoms with E-state index in [1.54, 1.807) is 0 Å². The lowest BCUT2D eigenvalue weighted by Gasteiger charge is -2.19. The molecule has 0 radical (unpaired) electrons. The van der Waals surface area contributed by atoms with Gasteiger partial charge in [-0.2, -0.15) is 0 Å². The van der Waals surface area contributed by atoms with E-state index in [0.717, 1.165) is 32.1 Å². The molecule has 0 saturated carbocycles. The highest BCUT2D eigenvalue weighted by atomic mass is 31.2. The third-order valence-electron chi connectivity index (χ3n) is 10.2. The summed E-state index contributed by atoms with van der Waals surface area (Å²) in [6.07, 6.45) is 43.8. The zero-order valence-corrected chi connectivity index (χ0v) is 36.8. The van der Waals surface area contributed by atoms with E-state index in [1.165, 1.54) is 167 Å². The number of nitrogens with two attached hydrogens (primary N) is 1. The zero-order chi connectivity index (χ0) is 40.3. The second kappa shape index (κ2) is 42.4. The number of ether oxygens (including phenoxy) is 2. The van der Waals surface area contributed by atoms with Crippen LogP contribution in [0.5, 0.6) is 0 Å². The van der Waals surface area contributed by atoms with Crippen LogP contribution in [0.1, 0.15) is 232 Å². The molecule has 0 aliphatic rings. The summed E-state index contributed by atoms with van der Waals surface area (Å²) in [5.74, 6) is -0.818. The summed E-state index contributed by atoms with van der Waals surface area (Å²) in [5, 5.41) is 0. The van der Waals surface area contributed by atoms with Crippen molar-refractivity contribution in [2.45, 2.75) is 238 Å². The minimum atomic E-state index is -4.37. The number of allylic oxidation sites excluding steroid dienone is 2. The standard InChI is InChI=1S/C45H88NO8P/c1-3-5-7-9-11-13-15-17-19-21-23-25-27-29-31-33-35-37-44(47)51-41-43(42-53-55(49,50)52-40-39-46)54-45(48)38-36-34-32-30-28-26-24-22-20-18-16-14-12-10-8-6-4-2/h13,15,43H,3-12,14,16-42,46H2,1-2H3,(H,49,50)/b15-13+/t43-/m1/s1. The first-order valence-corrected chi connectivity index (χ1v) is 24.7. The summed E-state index contributed by atoms with van der Waals surface area (Å²) in [7, 11) is -4.37. The van der Waals surface area contributed by atoms with E-state index < -0.39 is 26.5 Å². The average Bonchev–Trinajstić information content (AvgIpc) is 3.17. The average molecular weight is 802 g/mol. The van der Waals surface area contributed by atoms with Crippen LogP contribution in [0.15, 0.2) is 12.2 Å². The Morgan fingerprint density at radius 3 is 1.31 bits per heavy atom. The van der Waals surface area contributed by atoms with Crippen molar-refractivity contribution >= 4 is 19.8 Å². The van der Waals surface area contributed by atoms with E-state index in [9.17, 15) is 19.0 Å². The molecule has 0 saturated heterocycles. The van der Waals surface area contributed by atoms with Crippen LogP contribution in [0.3, 0.4) is 0 Å². The highest BCUT2D eigenvalue weighted by molar-refractivity contribution is 7.47. The molecule has 0 spiro atoms. The molecule has 0 fully saturated rings. The van der Waals surface area contributed by atoms with Gasteiger partial charge in [-0.25, -0.2) is 4.57 Å². The number of carbonyl (C=O) groups excluding carboxylic acids is 2. The van der Waals surface area contributed by atoms with Crippen LogP contribution < -0.4 is 5.73 Å². The number of carbonyl (C=O) groups is 2. The summed E-state index contributed by atoms with van der Waals surface area (Å²) >= 11 is 0. The molecule has 0 heterocycles. The zero-order valence-electron chi connectivity index (χ0n) is 35.9. The van der Waals surface area contributed by atoms with Gasteiger partial charge in [0.25, 0.3) is 0 Å². The first-order valence-electron chi connectivity index (χ1n) is 23.2. The molecule has 10 heteroatoms. The molecule has 326 valence electrons. The van der Waals surface area contributed by atoms with Crippen molar-refractivity contribution in [1.29, 1.82) is 0 Å². The van der Waals surface area contributed by atoms with Gasteiger partial charge in [0, 0.05) is 19.4 Å². The molecule has 0 aliphatic heterocycles. The number of hydrogen-bond acceptors (Lipinski definition) is 8. The van der Waals surface area contributed by atoms with Crippen LogP contribution in [0, 0.1) is 0 Å². The van der Waals surface area contributed by atoms with Crippen LogP contribution >= 0.6 is 7.82 Å². The lowest BCUT2D eigenvalue weighted by Crippen LogP contribution is -2.29. The van der Waals surface area contributed by atoms with Gasteiger partial charge in [0.15, 0.2) is 6.10 Å². The number of phosphoric ester groups is 1. The van der Waals surface area contributed by atoms with Crippen molar-refractivity contribution in [3.8, 4) is 0 Å². The Balaban J connectivity index is 4.08. The molecule has 9 nitrogen and oxygen atoms in total. The highest BCUT2D eigenvalue weighted by Gasteiger charge is 2.26. The van der Waals surface area contributed by atoms with Crippen LogP contribution in [-0.4, -0.2) is 49.3 Å². The summed E-state index contributed by atoms with van der Waals surface area (Å²) in [5.41, 5.74) is 5.35. The SMILES string of the molecule is CCCCCC/C=C/CCCCCCCCCCCC(=O)OC[C@H](COP(=O)(O)OCCN)OC(=O)CCCCCCCCCCCCCCCCCCC. The largest absolute Gasteiger partial charge is 0.472 e. The first kappa shape index (κ1) is 53.8. The number of esters is 2. The Bertz CT molecular complexity index is 917. The third-order valence-corrected chi connectivity index (χ3v) is 11.1. The molecular formula is C45H88NO8P. The summed E-state index contributed by atoms with van der Waals surface area (Å²) in [4.78, 5) is 34.9. The minimum Gasteiger partial charge on any atom is -0.462 e. The van der Waals surface area contributed by atoms with Crippen molar-refractivity contribution < 1.29 is 37.6 Å². The van der Waals surface area contributed by atoms with E-state index in [4.69, 9.17) is 24.3 Å². The van der Waals surface area contributed by atoms with Crippen LogP contribution in [0.25, 0.3) is 0 Å². The molecule has 0 aromatic carbocycles. The summed E-state index contributed by atoms with van der Waals surface area (Å²) < 4.78 is 32.8. The highest BCUT2D eigenvalue weighted by Crippen LogP contribution is 2.43. The molecule has 0 rings (SSSR count). The van der Waals surface area contributed by atoms with Crippen LogP contribution in [0.4, 0.5) is 0 Å². The third kappa shape index (κ3) is 42.2. The first-order chi connectivity index (χ1) is 26.8. The Hall–Kier alpha value is -1.25. The minimum absolute atomic E-state index is 0.0563. The lowest BCUT2D eigenvalue weighted by atomic mass is 10.0. The number of rotatable bonds is 44. The predicted octanol–water partition coefficient (Wildman–Crippen LogP) is 13.4. The van der Waals surface area contributed by atoms with Gasteiger partial charge in [-0.15, -0.1) is 0 Å². The summed E-state index contributed by atoms with van der Waals surface area (Å²) in [6.45, 7) is 3.76. The Kier molecular flexibility index (Phi) is 41.4. The Labute approximate surface area is 339 Å². The van der Waals surface area contributed by atoms with Crippen LogP contribution in [0.2, 0.25) is 0 Å². The molecule has 0 amide bonds. The van der Waals surface area contributed by atoms with E-state index in [0.29, 0.717) is 6.42 Å². The molecule has 3 N–H and O–H groups in total. The van der Waals surface area contributed by atoms with Gasteiger partial charge in [-0.05, 0) is 38.5 Å². The van der Waals surface area contributed by atoms with Gasteiger partial charge in [0.05, 0.1) is 13.2 Å². The monoisotopic (exact) mass is 802 g/mol. The number of hydrogen-bond donors (Lipinski definition) is 2. The second-order valence-electron chi connectivity index (χ2n) is 15.6. The maximum Gasteiger partial charge on any atom is 0.472 e. The normalized spacial score (nSPS) is 13.3. The predicted molar refractivity (Wildman–Crippen MR) is 229 cm³/mol. The maximum atomic E-state index is 12.6. The summed E-state index contributed by atoms with van der Waals surface area (Å²) in [6, 6.07) is 0. The molecule has 0 bridgehead atoms.